The van der Waals surface area contributed by atoms with Gasteiger partial charge in [0.1, 0.15) is 0 Å². The second-order valence-corrected chi connectivity index (χ2v) is 5.40. The Bertz CT molecular complexity index is 921. The third-order valence-corrected chi connectivity index (χ3v) is 3.79. The Labute approximate surface area is 145 Å². The number of rotatable bonds is 6. The Morgan fingerprint density at radius 2 is 1.72 bits per heavy atom. The van der Waals surface area contributed by atoms with Crippen molar-refractivity contribution in [3.05, 3.63) is 54.1 Å². The maximum absolute atomic E-state index is 11.6. The summed E-state index contributed by atoms with van der Waals surface area (Å²) in [6, 6.07) is 14.3. The van der Waals surface area contributed by atoms with Crippen molar-refractivity contribution in [2.75, 3.05) is 13.2 Å². The molecule has 0 aliphatic heterocycles. The van der Waals surface area contributed by atoms with Crippen LogP contribution in [0.3, 0.4) is 0 Å². The van der Waals surface area contributed by atoms with E-state index in [0.717, 1.165) is 5.56 Å². The van der Waals surface area contributed by atoms with Gasteiger partial charge in [0.25, 0.3) is 0 Å². The number of carboxylic acid groups (broad SMARTS) is 1. The van der Waals surface area contributed by atoms with Gasteiger partial charge in [0.05, 0.1) is 30.0 Å². The number of hydrogen-bond acceptors (Lipinski definition) is 4. The van der Waals surface area contributed by atoms with Crippen LogP contribution in [-0.4, -0.2) is 29.3 Å². The number of benzene rings is 2. The highest BCUT2D eigenvalue weighted by Crippen LogP contribution is 2.33. The number of aromatic carboxylic acids is 1. The van der Waals surface area contributed by atoms with E-state index in [0.29, 0.717) is 41.3 Å². The molecule has 5 nitrogen and oxygen atoms in total. The molecule has 0 fully saturated rings. The molecule has 0 aliphatic rings. The third kappa shape index (κ3) is 3.40. The van der Waals surface area contributed by atoms with Crippen LogP contribution in [0.1, 0.15) is 24.2 Å². The van der Waals surface area contributed by atoms with Crippen molar-refractivity contribution in [2.24, 2.45) is 0 Å². The van der Waals surface area contributed by atoms with Crippen molar-refractivity contribution in [1.82, 2.24) is 4.98 Å². The maximum Gasteiger partial charge on any atom is 0.336 e. The summed E-state index contributed by atoms with van der Waals surface area (Å²) in [7, 11) is 0. The van der Waals surface area contributed by atoms with Gasteiger partial charge in [0.2, 0.25) is 0 Å². The zero-order valence-corrected chi connectivity index (χ0v) is 14.2. The SMILES string of the molecule is CCOc1ccc(-c2cc(C(=O)O)c3ccccc3n2)cc1OCC. The van der Waals surface area contributed by atoms with Gasteiger partial charge in [-0.05, 0) is 44.2 Å². The molecule has 0 saturated heterocycles. The molecule has 5 heteroatoms. The van der Waals surface area contributed by atoms with Crippen LogP contribution >= 0.6 is 0 Å². The Kier molecular flexibility index (Phi) is 4.84. The molecule has 0 atom stereocenters. The van der Waals surface area contributed by atoms with Crippen molar-refractivity contribution in [3.63, 3.8) is 0 Å². The quantitative estimate of drug-likeness (QED) is 0.722. The summed E-state index contributed by atoms with van der Waals surface area (Å²) in [5.74, 6) is 0.303. The highest BCUT2D eigenvalue weighted by Gasteiger charge is 2.14. The molecular formula is C20H19NO4. The number of nitrogens with zero attached hydrogens (tertiary/aromatic N) is 1. The average Bonchev–Trinajstić information content (AvgIpc) is 2.62. The molecule has 25 heavy (non-hydrogen) atoms. The van der Waals surface area contributed by atoms with Crippen molar-refractivity contribution in [2.45, 2.75) is 13.8 Å². The van der Waals surface area contributed by atoms with Gasteiger partial charge in [-0.2, -0.15) is 0 Å². The van der Waals surface area contributed by atoms with E-state index >= 15 is 0 Å². The summed E-state index contributed by atoms with van der Waals surface area (Å²) in [4.78, 5) is 16.2. The number of fused-ring (bicyclic) bond motifs is 1. The Hall–Kier alpha value is -3.08. The highest BCUT2D eigenvalue weighted by molar-refractivity contribution is 6.03. The lowest BCUT2D eigenvalue weighted by Crippen LogP contribution is -2.01. The summed E-state index contributed by atoms with van der Waals surface area (Å²) in [6.45, 7) is 4.86. The monoisotopic (exact) mass is 337 g/mol. The minimum absolute atomic E-state index is 0.229. The van der Waals surface area contributed by atoms with E-state index < -0.39 is 5.97 Å². The molecule has 0 bridgehead atoms. The minimum Gasteiger partial charge on any atom is -0.490 e. The van der Waals surface area contributed by atoms with Crippen molar-refractivity contribution >= 4 is 16.9 Å². The smallest absolute Gasteiger partial charge is 0.336 e. The van der Waals surface area contributed by atoms with Gasteiger partial charge in [-0.15, -0.1) is 0 Å². The molecule has 1 heterocycles. The fraction of sp³-hybridized carbons (Fsp3) is 0.200. The number of para-hydroxylation sites is 1. The molecule has 0 spiro atoms. The summed E-state index contributed by atoms with van der Waals surface area (Å²) in [5.41, 5.74) is 2.23. The number of hydrogen-bond donors (Lipinski definition) is 1. The minimum atomic E-state index is -0.976. The van der Waals surface area contributed by atoms with Crippen molar-refractivity contribution < 1.29 is 19.4 Å². The largest absolute Gasteiger partial charge is 0.490 e. The lowest BCUT2D eigenvalue weighted by molar-refractivity contribution is 0.0699. The summed E-state index contributed by atoms with van der Waals surface area (Å²) in [6.07, 6.45) is 0. The van der Waals surface area contributed by atoms with E-state index in [2.05, 4.69) is 4.98 Å². The first kappa shape index (κ1) is 16.8. The van der Waals surface area contributed by atoms with Crippen LogP contribution in [-0.2, 0) is 0 Å². The van der Waals surface area contributed by atoms with Crippen LogP contribution in [0.15, 0.2) is 48.5 Å². The first-order valence-electron chi connectivity index (χ1n) is 8.17. The standard InChI is InChI=1S/C20H19NO4/c1-3-24-18-10-9-13(11-19(18)25-4-2)17-12-15(20(22)23)14-7-5-6-8-16(14)21-17/h5-12H,3-4H2,1-2H3,(H,22,23). The third-order valence-electron chi connectivity index (χ3n) is 3.79. The number of carbonyl (C=O) groups is 1. The predicted molar refractivity (Wildman–Crippen MR) is 96.5 cm³/mol. The van der Waals surface area contributed by atoms with Gasteiger partial charge in [0, 0.05) is 10.9 Å². The number of pyridine rings is 1. The fourth-order valence-corrected chi connectivity index (χ4v) is 2.71. The van der Waals surface area contributed by atoms with Crippen LogP contribution in [0.4, 0.5) is 0 Å². The van der Waals surface area contributed by atoms with Crippen LogP contribution in [0.25, 0.3) is 22.2 Å². The zero-order valence-electron chi connectivity index (χ0n) is 14.2. The molecule has 0 unspecified atom stereocenters. The van der Waals surface area contributed by atoms with E-state index in [1.165, 1.54) is 0 Å². The van der Waals surface area contributed by atoms with Crippen molar-refractivity contribution in [3.8, 4) is 22.8 Å². The molecule has 0 aliphatic carbocycles. The van der Waals surface area contributed by atoms with Crippen LogP contribution in [0, 0.1) is 0 Å². The first-order chi connectivity index (χ1) is 12.1. The Morgan fingerprint density at radius 3 is 2.44 bits per heavy atom. The Morgan fingerprint density at radius 1 is 1.00 bits per heavy atom. The van der Waals surface area contributed by atoms with Crippen LogP contribution in [0.5, 0.6) is 11.5 Å². The number of aromatic nitrogens is 1. The van der Waals surface area contributed by atoms with Gasteiger partial charge >= 0.3 is 5.97 Å². The van der Waals surface area contributed by atoms with E-state index in [1.807, 2.05) is 44.2 Å². The topological polar surface area (TPSA) is 68.7 Å². The zero-order chi connectivity index (χ0) is 17.8. The lowest BCUT2D eigenvalue weighted by atomic mass is 10.0. The predicted octanol–water partition coefficient (Wildman–Crippen LogP) is 4.40. The lowest BCUT2D eigenvalue weighted by Gasteiger charge is -2.13. The van der Waals surface area contributed by atoms with Crippen LogP contribution in [0.2, 0.25) is 0 Å². The summed E-state index contributed by atoms with van der Waals surface area (Å²) in [5, 5.41) is 10.2. The molecule has 128 valence electrons. The van der Waals surface area contributed by atoms with Gasteiger partial charge in [-0.25, -0.2) is 9.78 Å². The molecule has 0 saturated carbocycles. The van der Waals surface area contributed by atoms with Gasteiger partial charge in [-0.1, -0.05) is 18.2 Å². The number of ether oxygens (including phenoxy) is 2. The molecular weight excluding hydrogens is 318 g/mol. The second-order valence-electron chi connectivity index (χ2n) is 5.40. The van der Waals surface area contributed by atoms with E-state index in [9.17, 15) is 9.90 Å². The van der Waals surface area contributed by atoms with Crippen LogP contribution < -0.4 is 9.47 Å². The maximum atomic E-state index is 11.6. The van der Waals surface area contributed by atoms with Gasteiger partial charge < -0.3 is 14.6 Å². The van der Waals surface area contributed by atoms with E-state index in [1.54, 1.807) is 18.2 Å². The first-order valence-corrected chi connectivity index (χ1v) is 8.17. The molecule has 0 radical (unpaired) electrons. The second kappa shape index (κ2) is 7.21. The molecule has 0 amide bonds. The average molecular weight is 337 g/mol. The molecule has 2 aromatic carbocycles. The molecule has 3 rings (SSSR count). The highest BCUT2D eigenvalue weighted by atomic mass is 16.5. The Balaban J connectivity index is 2.15. The van der Waals surface area contributed by atoms with Gasteiger partial charge in [0.15, 0.2) is 11.5 Å². The van der Waals surface area contributed by atoms with Crippen molar-refractivity contribution in [1.29, 1.82) is 0 Å². The molecule has 1 aromatic heterocycles. The number of carboxylic acids is 1. The van der Waals surface area contributed by atoms with E-state index in [-0.39, 0.29) is 5.56 Å². The normalized spacial score (nSPS) is 10.6. The molecule has 3 aromatic rings. The molecule has 1 N–H and O–H groups in total. The van der Waals surface area contributed by atoms with Gasteiger partial charge in [-0.3, -0.25) is 0 Å². The fourth-order valence-electron chi connectivity index (χ4n) is 2.71. The summed E-state index contributed by atoms with van der Waals surface area (Å²) < 4.78 is 11.2. The summed E-state index contributed by atoms with van der Waals surface area (Å²) >= 11 is 0. The van der Waals surface area contributed by atoms with E-state index in [4.69, 9.17) is 9.47 Å².